The van der Waals surface area contributed by atoms with Crippen molar-refractivity contribution >= 4 is 41.2 Å². The fraction of sp³-hybridized carbons (Fsp3) is 0.115. The average molecular weight is 477 g/mol. The minimum absolute atomic E-state index is 0.171. The molecule has 0 atom stereocenters. The van der Waals surface area contributed by atoms with E-state index < -0.39 is 17.8 Å². The summed E-state index contributed by atoms with van der Waals surface area (Å²) >= 11 is 5.89. The predicted molar refractivity (Wildman–Crippen MR) is 129 cm³/mol. The molecule has 1 aliphatic heterocycles. The molecule has 1 heterocycles. The SMILES string of the molecule is CCOc1ccccc1/C=C1\C(=O)NC(=O)N(c2ccc(OCc3ccc(Cl)cc3)cc2)C1=O. The predicted octanol–water partition coefficient (Wildman–Crippen LogP) is 4.98. The normalized spacial score (nSPS) is 14.8. The molecule has 34 heavy (non-hydrogen) atoms. The van der Waals surface area contributed by atoms with Crippen LogP contribution >= 0.6 is 11.6 Å². The van der Waals surface area contributed by atoms with E-state index in [1.165, 1.54) is 6.08 Å². The number of carbonyl (C=O) groups is 3. The van der Waals surface area contributed by atoms with Gasteiger partial charge in [-0.3, -0.25) is 14.9 Å². The Bertz CT molecular complexity index is 1250. The van der Waals surface area contributed by atoms with E-state index >= 15 is 0 Å². The number of imide groups is 2. The maximum absolute atomic E-state index is 13.1. The van der Waals surface area contributed by atoms with Gasteiger partial charge in [0.1, 0.15) is 23.7 Å². The van der Waals surface area contributed by atoms with Crippen molar-refractivity contribution < 1.29 is 23.9 Å². The van der Waals surface area contributed by atoms with Crippen LogP contribution < -0.4 is 19.7 Å². The summed E-state index contributed by atoms with van der Waals surface area (Å²) in [5.41, 5.74) is 1.63. The molecule has 0 saturated carbocycles. The van der Waals surface area contributed by atoms with Gasteiger partial charge in [-0.05, 0) is 61.0 Å². The summed E-state index contributed by atoms with van der Waals surface area (Å²) in [5.74, 6) is -0.403. The summed E-state index contributed by atoms with van der Waals surface area (Å²) in [6.07, 6.45) is 1.42. The number of hydrogen-bond donors (Lipinski definition) is 1. The number of barbiturate groups is 1. The molecule has 0 bridgehead atoms. The zero-order valence-electron chi connectivity index (χ0n) is 18.3. The molecule has 0 unspecified atom stereocenters. The molecular weight excluding hydrogens is 456 g/mol. The number of nitrogens with one attached hydrogen (secondary N) is 1. The fourth-order valence-corrected chi connectivity index (χ4v) is 3.50. The van der Waals surface area contributed by atoms with E-state index in [1.807, 2.05) is 19.1 Å². The Labute approximate surface area is 201 Å². The van der Waals surface area contributed by atoms with Crippen LogP contribution in [0.3, 0.4) is 0 Å². The molecule has 1 fully saturated rings. The number of halogens is 1. The molecule has 1 saturated heterocycles. The smallest absolute Gasteiger partial charge is 0.335 e. The van der Waals surface area contributed by atoms with Crippen molar-refractivity contribution in [2.45, 2.75) is 13.5 Å². The maximum atomic E-state index is 13.1. The van der Waals surface area contributed by atoms with Crippen LogP contribution in [0.5, 0.6) is 11.5 Å². The van der Waals surface area contributed by atoms with Crippen LogP contribution in [0.1, 0.15) is 18.1 Å². The van der Waals surface area contributed by atoms with E-state index in [0.717, 1.165) is 10.5 Å². The molecule has 1 aliphatic rings. The number of para-hydroxylation sites is 1. The monoisotopic (exact) mass is 476 g/mol. The standard InChI is InChI=1S/C26H21ClN2O5/c1-2-33-23-6-4-3-5-18(23)15-22-24(30)28-26(32)29(25(22)31)20-11-13-21(14-12-20)34-16-17-7-9-19(27)10-8-17/h3-15H,2,16H2,1H3,(H,28,30,32)/b22-15+. The number of carbonyl (C=O) groups excluding carboxylic acids is 3. The number of ether oxygens (including phenoxy) is 2. The molecule has 0 radical (unpaired) electrons. The lowest BCUT2D eigenvalue weighted by atomic mass is 10.1. The summed E-state index contributed by atoms with van der Waals surface area (Å²) in [5, 5.41) is 2.87. The third-order valence-electron chi connectivity index (χ3n) is 5.03. The summed E-state index contributed by atoms with van der Waals surface area (Å²) in [6.45, 7) is 2.60. The first-order chi connectivity index (χ1) is 16.5. The van der Waals surface area contributed by atoms with Gasteiger partial charge in [0, 0.05) is 10.6 Å². The number of nitrogens with zero attached hydrogens (tertiary/aromatic N) is 1. The largest absolute Gasteiger partial charge is 0.493 e. The van der Waals surface area contributed by atoms with Gasteiger partial charge in [-0.25, -0.2) is 9.69 Å². The lowest BCUT2D eigenvalue weighted by molar-refractivity contribution is -0.122. The summed E-state index contributed by atoms with van der Waals surface area (Å²) in [7, 11) is 0. The zero-order chi connectivity index (χ0) is 24.1. The number of amides is 4. The first-order valence-electron chi connectivity index (χ1n) is 10.6. The van der Waals surface area contributed by atoms with E-state index in [0.29, 0.717) is 41.0 Å². The second-order valence-corrected chi connectivity index (χ2v) is 7.77. The number of benzene rings is 3. The van der Waals surface area contributed by atoms with Gasteiger partial charge in [-0.2, -0.15) is 0 Å². The number of anilines is 1. The van der Waals surface area contributed by atoms with Gasteiger partial charge in [0.2, 0.25) is 0 Å². The van der Waals surface area contributed by atoms with Gasteiger partial charge in [0.05, 0.1) is 12.3 Å². The highest BCUT2D eigenvalue weighted by Gasteiger charge is 2.37. The molecule has 8 heteroatoms. The van der Waals surface area contributed by atoms with E-state index in [4.69, 9.17) is 21.1 Å². The van der Waals surface area contributed by atoms with Crippen molar-refractivity contribution in [3.63, 3.8) is 0 Å². The lowest BCUT2D eigenvalue weighted by Gasteiger charge is -2.26. The topological polar surface area (TPSA) is 84.9 Å². The van der Waals surface area contributed by atoms with Crippen LogP contribution in [0.25, 0.3) is 6.08 Å². The van der Waals surface area contributed by atoms with Crippen molar-refractivity contribution in [3.8, 4) is 11.5 Å². The van der Waals surface area contributed by atoms with Gasteiger partial charge >= 0.3 is 6.03 Å². The molecule has 3 aromatic carbocycles. The Balaban J connectivity index is 1.54. The first-order valence-corrected chi connectivity index (χ1v) is 10.9. The molecule has 1 N–H and O–H groups in total. The van der Waals surface area contributed by atoms with Crippen LogP contribution in [0.4, 0.5) is 10.5 Å². The van der Waals surface area contributed by atoms with Crippen molar-refractivity contribution in [2.75, 3.05) is 11.5 Å². The number of rotatable bonds is 7. The second kappa shape index (κ2) is 10.2. The Kier molecular flexibility index (Phi) is 6.94. The number of hydrogen-bond acceptors (Lipinski definition) is 5. The third kappa shape index (κ3) is 5.10. The third-order valence-corrected chi connectivity index (χ3v) is 5.29. The first kappa shape index (κ1) is 23.1. The molecular formula is C26H21ClN2O5. The molecule has 3 aromatic rings. The molecule has 4 amide bonds. The minimum Gasteiger partial charge on any atom is -0.493 e. The quantitative estimate of drug-likeness (QED) is 0.384. The molecule has 172 valence electrons. The van der Waals surface area contributed by atoms with Gasteiger partial charge < -0.3 is 9.47 Å². The number of urea groups is 1. The Morgan fingerprint density at radius 2 is 1.62 bits per heavy atom. The summed E-state index contributed by atoms with van der Waals surface area (Å²) in [6, 6.07) is 20.0. The Morgan fingerprint density at radius 1 is 0.912 bits per heavy atom. The summed E-state index contributed by atoms with van der Waals surface area (Å²) < 4.78 is 11.3. The zero-order valence-corrected chi connectivity index (χ0v) is 19.0. The van der Waals surface area contributed by atoms with E-state index in [9.17, 15) is 14.4 Å². The molecule has 0 spiro atoms. The molecule has 0 aromatic heterocycles. The van der Waals surface area contributed by atoms with Gasteiger partial charge in [0.15, 0.2) is 0 Å². The van der Waals surface area contributed by atoms with Gasteiger partial charge in [-0.1, -0.05) is 41.9 Å². The fourth-order valence-electron chi connectivity index (χ4n) is 3.37. The van der Waals surface area contributed by atoms with Crippen LogP contribution in [0.2, 0.25) is 5.02 Å². The maximum Gasteiger partial charge on any atom is 0.335 e. The van der Waals surface area contributed by atoms with Crippen molar-refractivity contribution in [1.82, 2.24) is 5.32 Å². The van der Waals surface area contributed by atoms with Crippen molar-refractivity contribution in [2.24, 2.45) is 0 Å². The van der Waals surface area contributed by atoms with Crippen molar-refractivity contribution in [3.05, 3.63) is 94.5 Å². The van der Waals surface area contributed by atoms with E-state index in [2.05, 4.69) is 5.32 Å². The van der Waals surface area contributed by atoms with Crippen molar-refractivity contribution in [1.29, 1.82) is 0 Å². The van der Waals surface area contributed by atoms with E-state index in [1.54, 1.807) is 60.7 Å². The molecule has 7 nitrogen and oxygen atoms in total. The van der Waals surface area contributed by atoms with Crippen LogP contribution in [0.15, 0.2) is 78.4 Å². The highest BCUT2D eigenvalue weighted by molar-refractivity contribution is 6.39. The highest BCUT2D eigenvalue weighted by atomic mass is 35.5. The summed E-state index contributed by atoms with van der Waals surface area (Å²) in [4.78, 5) is 39.0. The lowest BCUT2D eigenvalue weighted by Crippen LogP contribution is -2.54. The van der Waals surface area contributed by atoms with Gasteiger partial charge in [-0.15, -0.1) is 0 Å². The average Bonchev–Trinajstić information content (AvgIpc) is 2.83. The minimum atomic E-state index is -0.819. The van der Waals surface area contributed by atoms with Gasteiger partial charge in [0.25, 0.3) is 11.8 Å². The van der Waals surface area contributed by atoms with Crippen LogP contribution in [-0.4, -0.2) is 24.5 Å². The van der Waals surface area contributed by atoms with E-state index in [-0.39, 0.29) is 5.57 Å². The molecule has 4 rings (SSSR count). The van der Waals surface area contributed by atoms with Crippen LogP contribution in [0, 0.1) is 0 Å². The highest BCUT2D eigenvalue weighted by Crippen LogP contribution is 2.27. The Hall–Kier alpha value is -4.10. The van der Waals surface area contributed by atoms with Crippen LogP contribution in [-0.2, 0) is 16.2 Å². The molecule has 0 aliphatic carbocycles. The second-order valence-electron chi connectivity index (χ2n) is 7.34. The Morgan fingerprint density at radius 3 is 2.32 bits per heavy atom.